The number of rotatable bonds is 4. The van der Waals surface area contributed by atoms with Crippen molar-refractivity contribution in [2.75, 3.05) is 0 Å². The van der Waals surface area contributed by atoms with E-state index in [0.717, 1.165) is 5.92 Å². The Kier molecular flexibility index (Phi) is 2.65. The molecule has 70 valence electrons. The highest BCUT2D eigenvalue weighted by Crippen LogP contribution is 2.57. The Balaban J connectivity index is 2.58. The SMILES string of the molecule is C=C(C)C(C)C(C)C1(CC)CC1. The predicted molar refractivity (Wildman–Crippen MR) is 55.1 cm³/mol. The van der Waals surface area contributed by atoms with Gasteiger partial charge in [0.2, 0.25) is 0 Å². The van der Waals surface area contributed by atoms with Crippen LogP contribution in [-0.4, -0.2) is 0 Å². The molecule has 0 saturated heterocycles. The van der Waals surface area contributed by atoms with Gasteiger partial charge in [0.05, 0.1) is 0 Å². The van der Waals surface area contributed by atoms with Gasteiger partial charge in [0.1, 0.15) is 0 Å². The van der Waals surface area contributed by atoms with Crippen molar-refractivity contribution in [3.05, 3.63) is 12.2 Å². The van der Waals surface area contributed by atoms with Gasteiger partial charge in [0, 0.05) is 0 Å². The van der Waals surface area contributed by atoms with Gasteiger partial charge in [-0.1, -0.05) is 39.3 Å². The molecule has 0 nitrogen and oxygen atoms in total. The van der Waals surface area contributed by atoms with Crippen LogP contribution in [0.15, 0.2) is 12.2 Å². The second-order valence-corrected chi connectivity index (χ2v) is 4.64. The predicted octanol–water partition coefficient (Wildman–Crippen LogP) is 4.02. The van der Waals surface area contributed by atoms with Crippen LogP contribution >= 0.6 is 0 Å². The van der Waals surface area contributed by atoms with E-state index in [1.807, 2.05) is 0 Å². The van der Waals surface area contributed by atoms with E-state index >= 15 is 0 Å². The molecule has 1 aliphatic rings. The van der Waals surface area contributed by atoms with E-state index < -0.39 is 0 Å². The van der Waals surface area contributed by atoms with E-state index in [1.165, 1.54) is 24.8 Å². The van der Waals surface area contributed by atoms with Crippen molar-refractivity contribution in [2.24, 2.45) is 17.3 Å². The van der Waals surface area contributed by atoms with E-state index in [1.54, 1.807) is 0 Å². The zero-order valence-corrected chi connectivity index (χ0v) is 8.98. The van der Waals surface area contributed by atoms with Gasteiger partial charge in [-0.15, -0.1) is 0 Å². The van der Waals surface area contributed by atoms with Crippen molar-refractivity contribution < 1.29 is 0 Å². The third-order valence-corrected chi connectivity index (χ3v) is 4.09. The Morgan fingerprint density at radius 1 is 1.42 bits per heavy atom. The van der Waals surface area contributed by atoms with E-state index in [9.17, 15) is 0 Å². The lowest BCUT2D eigenvalue weighted by Crippen LogP contribution is -2.20. The summed E-state index contributed by atoms with van der Waals surface area (Å²) < 4.78 is 0. The summed E-state index contributed by atoms with van der Waals surface area (Å²) >= 11 is 0. The number of allylic oxidation sites excluding steroid dienone is 1. The maximum absolute atomic E-state index is 4.05. The number of hydrogen-bond donors (Lipinski definition) is 0. The van der Waals surface area contributed by atoms with E-state index in [4.69, 9.17) is 0 Å². The molecule has 1 aliphatic carbocycles. The minimum absolute atomic E-state index is 0.693. The second kappa shape index (κ2) is 3.24. The molecule has 1 rings (SSSR count). The number of hydrogen-bond acceptors (Lipinski definition) is 0. The fourth-order valence-corrected chi connectivity index (χ4v) is 2.25. The van der Waals surface area contributed by atoms with E-state index in [-0.39, 0.29) is 0 Å². The second-order valence-electron chi connectivity index (χ2n) is 4.64. The van der Waals surface area contributed by atoms with Gasteiger partial charge < -0.3 is 0 Å². The normalized spacial score (nSPS) is 24.7. The topological polar surface area (TPSA) is 0 Å². The molecule has 2 unspecified atom stereocenters. The Labute approximate surface area is 77.1 Å². The minimum atomic E-state index is 0.693. The van der Waals surface area contributed by atoms with E-state index in [0.29, 0.717) is 11.3 Å². The van der Waals surface area contributed by atoms with Crippen molar-refractivity contribution in [1.29, 1.82) is 0 Å². The molecule has 0 amide bonds. The summed E-state index contributed by atoms with van der Waals surface area (Å²) in [5, 5.41) is 0. The van der Waals surface area contributed by atoms with Gasteiger partial charge in [-0.05, 0) is 37.0 Å². The van der Waals surface area contributed by atoms with Gasteiger partial charge >= 0.3 is 0 Å². The molecule has 0 radical (unpaired) electrons. The molecule has 0 heterocycles. The Morgan fingerprint density at radius 2 is 1.92 bits per heavy atom. The summed E-state index contributed by atoms with van der Waals surface area (Å²) in [5.74, 6) is 1.53. The first-order valence-corrected chi connectivity index (χ1v) is 5.19. The summed E-state index contributed by atoms with van der Waals surface area (Å²) in [4.78, 5) is 0. The zero-order valence-electron chi connectivity index (χ0n) is 8.98. The fraction of sp³-hybridized carbons (Fsp3) is 0.833. The largest absolute Gasteiger partial charge is 0.0999 e. The molecule has 0 heteroatoms. The molecule has 0 aromatic rings. The average Bonchev–Trinajstić information content (AvgIpc) is 2.82. The third-order valence-electron chi connectivity index (χ3n) is 4.09. The van der Waals surface area contributed by atoms with Gasteiger partial charge in [-0.2, -0.15) is 0 Å². The molecule has 0 N–H and O–H groups in total. The van der Waals surface area contributed by atoms with Gasteiger partial charge in [-0.3, -0.25) is 0 Å². The fourth-order valence-electron chi connectivity index (χ4n) is 2.25. The van der Waals surface area contributed by atoms with Gasteiger partial charge in [0.25, 0.3) is 0 Å². The summed E-state index contributed by atoms with van der Waals surface area (Å²) in [6.45, 7) is 13.3. The highest BCUT2D eigenvalue weighted by atomic mass is 14.5. The first-order valence-electron chi connectivity index (χ1n) is 5.19. The monoisotopic (exact) mass is 166 g/mol. The van der Waals surface area contributed by atoms with Crippen LogP contribution in [0.2, 0.25) is 0 Å². The van der Waals surface area contributed by atoms with Crippen LogP contribution in [-0.2, 0) is 0 Å². The lowest BCUT2D eigenvalue weighted by molar-refractivity contribution is 0.257. The molecule has 1 saturated carbocycles. The lowest BCUT2D eigenvalue weighted by Gasteiger charge is -2.28. The van der Waals surface area contributed by atoms with Crippen LogP contribution in [0, 0.1) is 17.3 Å². The van der Waals surface area contributed by atoms with Crippen molar-refractivity contribution in [1.82, 2.24) is 0 Å². The molecule has 0 aromatic heterocycles. The molecular weight excluding hydrogens is 144 g/mol. The Morgan fingerprint density at radius 3 is 2.17 bits per heavy atom. The van der Waals surface area contributed by atoms with Gasteiger partial charge in [0.15, 0.2) is 0 Å². The standard InChI is InChI=1S/C12H22/c1-6-12(7-8-12)11(5)10(4)9(2)3/h10-11H,2,6-8H2,1,3-5H3. The van der Waals surface area contributed by atoms with E-state index in [2.05, 4.69) is 34.3 Å². The lowest BCUT2D eigenvalue weighted by atomic mass is 9.77. The molecule has 2 atom stereocenters. The highest BCUT2D eigenvalue weighted by Gasteiger charge is 2.46. The summed E-state index contributed by atoms with van der Waals surface area (Å²) in [5.41, 5.74) is 2.04. The Hall–Kier alpha value is -0.260. The first-order chi connectivity index (χ1) is 5.53. The highest BCUT2D eigenvalue weighted by molar-refractivity contribution is 5.05. The minimum Gasteiger partial charge on any atom is -0.0999 e. The van der Waals surface area contributed by atoms with Crippen molar-refractivity contribution in [3.8, 4) is 0 Å². The molecule has 12 heavy (non-hydrogen) atoms. The van der Waals surface area contributed by atoms with Crippen LogP contribution < -0.4 is 0 Å². The molecule has 0 spiro atoms. The summed E-state index contributed by atoms with van der Waals surface area (Å²) in [7, 11) is 0. The maximum atomic E-state index is 4.05. The average molecular weight is 166 g/mol. The van der Waals surface area contributed by atoms with Crippen LogP contribution in [0.5, 0.6) is 0 Å². The van der Waals surface area contributed by atoms with Crippen molar-refractivity contribution in [2.45, 2.75) is 47.0 Å². The van der Waals surface area contributed by atoms with Crippen LogP contribution in [0.3, 0.4) is 0 Å². The van der Waals surface area contributed by atoms with Crippen molar-refractivity contribution in [3.63, 3.8) is 0 Å². The van der Waals surface area contributed by atoms with Crippen LogP contribution in [0.1, 0.15) is 47.0 Å². The van der Waals surface area contributed by atoms with Crippen molar-refractivity contribution >= 4 is 0 Å². The first kappa shape index (κ1) is 9.83. The molecular formula is C12H22. The molecule has 0 aromatic carbocycles. The smallest absolute Gasteiger partial charge is 0.0206 e. The maximum Gasteiger partial charge on any atom is -0.0206 e. The molecule has 1 fully saturated rings. The summed E-state index contributed by atoms with van der Waals surface area (Å²) in [6, 6.07) is 0. The summed E-state index contributed by atoms with van der Waals surface area (Å²) in [6.07, 6.45) is 4.25. The zero-order chi connectivity index (χ0) is 9.35. The molecule has 0 bridgehead atoms. The third kappa shape index (κ3) is 1.57. The Bertz CT molecular complexity index is 174. The quantitative estimate of drug-likeness (QED) is 0.553. The molecule has 0 aliphatic heterocycles. The van der Waals surface area contributed by atoms with Crippen LogP contribution in [0.4, 0.5) is 0 Å². The van der Waals surface area contributed by atoms with Crippen LogP contribution in [0.25, 0.3) is 0 Å². The van der Waals surface area contributed by atoms with Gasteiger partial charge in [-0.25, -0.2) is 0 Å².